The molecular weight excluding hydrogens is 466 g/mol. The number of nitrogens with zero attached hydrogens (tertiary/aromatic N) is 2. The van der Waals surface area contributed by atoms with Crippen LogP contribution in [0.1, 0.15) is 49.2 Å². The van der Waals surface area contributed by atoms with Gasteiger partial charge in [-0.3, -0.25) is 4.79 Å². The first-order valence-electron chi connectivity index (χ1n) is 9.66. The molecule has 7 heteroatoms. The highest BCUT2D eigenvalue weighted by molar-refractivity contribution is 9.10. The third kappa shape index (κ3) is 4.40. The van der Waals surface area contributed by atoms with Gasteiger partial charge in [-0.15, -0.1) is 0 Å². The predicted octanol–water partition coefficient (Wildman–Crippen LogP) is 5.90. The van der Waals surface area contributed by atoms with Gasteiger partial charge < -0.3 is 9.64 Å². The minimum atomic E-state index is -0.367. The summed E-state index contributed by atoms with van der Waals surface area (Å²) in [6.45, 7) is 9.49. The monoisotopic (exact) mass is 489 g/mol. The van der Waals surface area contributed by atoms with Crippen LogP contribution in [0.4, 0.5) is 5.69 Å². The van der Waals surface area contributed by atoms with E-state index in [0.29, 0.717) is 16.3 Å². The molecule has 2 aromatic carbocycles. The molecule has 5 nitrogen and oxygen atoms in total. The molecule has 30 heavy (non-hydrogen) atoms. The zero-order valence-electron chi connectivity index (χ0n) is 17.7. The highest BCUT2D eigenvalue weighted by Crippen LogP contribution is 2.40. The number of rotatable bonds is 5. The third-order valence-corrected chi connectivity index (χ3v) is 6.01. The lowest BCUT2D eigenvalue weighted by Crippen LogP contribution is -2.44. The lowest BCUT2D eigenvalue weighted by molar-refractivity contribution is 0.0952. The van der Waals surface area contributed by atoms with E-state index in [1.807, 2.05) is 18.2 Å². The number of carbonyl (C=O) groups is 1. The Hall–Kier alpha value is -2.31. The fourth-order valence-electron chi connectivity index (χ4n) is 3.87. The lowest BCUT2D eigenvalue weighted by Gasteiger charge is -2.43. The average molecular weight is 491 g/mol. The molecule has 3 rings (SSSR count). The van der Waals surface area contributed by atoms with E-state index in [-0.39, 0.29) is 11.4 Å². The van der Waals surface area contributed by atoms with Crippen LogP contribution in [-0.2, 0) is 0 Å². The Bertz CT molecular complexity index is 1050. The van der Waals surface area contributed by atoms with Crippen LogP contribution < -0.4 is 15.1 Å². The smallest absolute Gasteiger partial charge is 0.275 e. The Morgan fingerprint density at radius 1 is 1.33 bits per heavy atom. The number of methoxy groups -OCH3 is 1. The van der Waals surface area contributed by atoms with Crippen molar-refractivity contribution in [2.45, 2.75) is 33.2 Å². The van der Waals surface area contributed by atoms with Crippen molar-refractivity contribution in [3.63, 3.8) is 0 Å². The summed E-state index contributed by atoms with van der Waals surface area (Å²) in [7, 11) is 1.52. The third-order valence-electron chi connectivity index (χ3n) is 5.19. The van der Waals surface area contributed by atoms with Gasteiger partial charge in [-0.05, 0) is 63.6 Å². The van der Waals surface area contributed by atoms with Crippen molar-refractivity contribution in [2.24, 2.45) is 5.10 Å². The van der Waals surface area contributed by atoms with E-state index in [2.05, 4.69) is 65.1 Å². The van der Waals surface area contributed by atoms with E-state index in [0.717, 1.165) is 27.8 Å². The molecule has 0 unspecified atom stereocenters. The number of fused-ring (bicyclic) bond motifs is 1. The Morgan fingerprint density at radius 2 is 2.07 bits per heavy atom. The van der Waals surface area contributed by atoms with Crippen LogP contribution in [0.3, 0.4) is 0 Å². The number of halogens is 2. The van der Waals surface area contributed by atoms with Crippen LogP contribution in [0.5, 0.6) is 5.75 Å². The lowest BCUT2D eigenvalue weighted by atomic mass is 9.88. The number of hydrazone groups is 1. The van der Waals surface area contributed by atoms with Crippen molar-refractivity contribution in [1.29, 1.82) is 0 Å². The van der Waals surface area contributed by atoms with Crippen molar-refractivity contribution >= 4 is 50.9 Å². The van der Waals surface area contributed by atoms with Gasteiger partial charge in [0.1, 0.15) is 5.75 Å². The summed E-state index contributed by atoms with van der Waals surface area (Å²) in [6, 6.07) is 9.20. The van der Waals surface area contributed by atoms with Crippen LogP contribution in [0.15, 0.2) is 46.0 Å². The van der Waals surface area contributed by atoms with Gasteiger partial charge in [-0.1, -0.05) is 33.6 Å². The highest BCUT2D eigenvalue weighted by Gasteiger charge is 2.30. The molecule has 1 aliphatic rings. The molecule has 0 spiro atoms. The van der Waals surface area contributed by atoms with Crippen molar-refractivity contribution in [1.82, 2.24) is 5.43 Å². The molecule has 1 heterocycles. The number of hydrogen-bond donors (Lipinski definition) is 1. The number of nitrogens with one attached hydrogen (secondary N) is 1. The predicted molar refractivity (Wildman–Crippen MR) is 128 cm³/mol. The fraction of sp³-hybridized carbons (Fsp3) is 0.304. The molecule has 0 atom stereocenters. The largest absolute Gasteiger partial charge is 0.496 e. The molecule has 158 valence electrons. The normalized spacial score (nSPS) is 15.0. The topological polar surface area (TPSA) is 53.9 Å². The molecule has 0 saturated heterocycles. The van der Waals surface area contributed by atoms with E-state index in [1.54, 1.807) is 18.3 Å². The van der Waals surface area contributed by atoms with Gasteiger partial charge in [0.05, 0.1) is 29.4 Å². The molecular formula is C23H25BrClN3O2. The van der Waals surface area contributed by atoms with E-state index in [1.165, 1.54) is 12.7 Å². The summed E-state index contributed by atoms with van der Waals surface area (Å²) < 4.78 is 6.03. The maximum Gasteiger partial charge on any atom is 0.275 e. The first-order valence-corrected chi connectivity index (χ1v) is 10.8. The Labute approximate surface area is 190 Å². The quantitative estimate of drug-likeness (QED) is 0.419. The number of hydrogen-bond acceptors (Lipinski definition) is 4. The molecule has 0 aliphatic carbocycles. The summed E-state index contributed by atoms with van der Waals surface area (Å²) >= 11 is 9.92. The van der Waals surface area contributed by atoms with Gasteiger partial charge in [0.25, 0.3) is 5.91 Å². The molecule has 1 N–H and O–H groups in total. The second-order valence-corrected chi connectivity index (χ2v) is 8.98. The van der Waals surface area contributed by atoms with Crippen LogP contribution in [-0.4, -0.2) is 31.3 Å². The number of benzene rings is 2. The van der Waals surface area contributed by atoms with Crippen molar-refractivity contribution in [3.8, 4) is 5.75 Å². The number of likely N-dealkylation sites (N-methyl/N-ethyl adjacent to an activating group) is 1. The Kier molecular flexibility index (Phi) is 6.58. The summed E-state index contributed by atoms with van der Waals surface area (Å²) in [4.78, 5) is 14.8. The minimum Gasteiger partial charge on any atom is -0.496 e. The molecule has 0 fully saturated rings. The minimum absolute atomic E-state index is 0.0816. The Morgan fingerprint density at radius 3 is 2.73 bits per heavy atom. The van der Waals surface area contributed by atoms with E-state index in [4.69, 9.17) is 16.3 Å². The van der Waals surface area contributed by atoms with Gasteiger partial charge in [-0.25, -0.2) is 5.43 Å². The van der Waals surface area contributed by atoms with Crippen LogP contribution in [0, 0.1) is 0 Å². The van der Waals surface area contributed by atoms with Gasteiger partial charge in [-0.2, -0.15) is 5.10 Å². The summed E-state index contributed by atoms with van der Waals surface area (Å²) in [5, 5.41) is 4.69. The van der Waals surface area contributed by atoms with Gasteiger partial charge in [0.15, 0.2) is 0 Å². The van der Waals surface area contributed by atoms with E-state index in [9.17, 15) is 4.79 Å². The molecule has 0 bridgehead atoms. The number of anilines is 1. The second kappa shape index (κ2) is 8.82. The molecule has 0 radical (unpaired) electrons. The summed E-state index contributed by atoms with van der Waals surface area (Å²) in [5.41, 5.74) is 7.00. The van der Waals surface area contributed by atoms with Crippen molar-refractivity contribution in [2.75, 3.05) is 18.6 Å². The van der Waals surface area contributed by atoms with Crippen molar-refractivity contribution < 1.29 is 9.53 Å². The second-order valence-electron chi connectivity index (χ2n) is 7.66. The number of allylic oxidation sites excluding steroid dienone is 1. The first-order chi connectivity index (χ1) is 14.2. The first kappa shape index (κ1) is 22.4. The van der Waals surface area contributed by atoms with Gasteiger partial charge in [0.2, 0.25) is 0 Å². The maximum atomic E-state index is 12.5. The molecule has 1 amide bonds. The van der Waals surface area contributed by atoms with Crippen molar-refractivity contribution in [3.05, 3.63) is 62.6 Å². The van der Waals surface area contributed by atoms with Crippen LogP contribution in [0.25, 0.3) is 5.57 Å². The zero-order chi connectivity index (χ0) is 22.1. The highest BCUT2D eigenvalue weighted by atomic mass is 79.9. The van der Waals surface area contributed by atoms with Gasteiger partial charge in [0, 0.05) is 27.8 Å². The fourth-order valence-corrected chi connectivity index (χ4v) is 4.44. The van der Waals surface area contributed by atoms with E-state index < -0.39 is 0 Å². The SMILES string of the molecule is CCN1c2cc(Cl)c(/C=N\NC(=O)c3cc(Br)ccc3OC)cc2C(C)=CC1(C)C. The molecule has 1 aliphatic heterocycles. The Balaban J connectivity index is 1.87. The molecule has 0 saturated carbocycles. The number of carbonyl (C=O) groups excluding carboxylic acids is 1. The maximum absolute atomic E-state index is 12.5. The average Bonchev–Trinajstić information content (AvgIpc) is 2.68. The summed E-state index contributed by atoms with van der Waals surface area (Å²) in [5.74, 6) is 0.106. The van der Waals surface area contributed by atoms with E-state index >= 15 is 0 Å². The molecule has 0 aromatic heterocycles. The standard InChI is InChI=1S/C23H25BrClN3O2/c1-6-28-20-11-19(25)15(9-17(20)14(2)12-23(28,3)4)13-26-27-22(29)18-10-16(24)7-8-21(18)30-5/h7-13H,6H2,1-5H3,(H,27,29)/b26-13-. The summed E-state index contributed by atoms with van der Waals surface area (Å²) in [6.07, 6.45) is 3.82. The number of amides is 1. The number of ether oxygens (including phenoxy) is 1. The molecule has 2 aromatic rings. The van der Waals surface area contributed by atoms with Gasteiger partial charge >= 0.3 is 0 Å². The van der Waals surface area contributed by atoms with Crippen LogP contribution in [0.2, 0.25) is 5.02 Å². The van der Waals surface area contributed by atoms with Crippen LogP contribution >= 0.6 is 27.5 Å². The zero-order valence-corrected chi connectivity index (χ0v) is 20.1.